The third-order valence-corrected chi connectivity index (χ3v) is 3.88. The van der Waals surface area contributed by atoms with Gasteiger partial charge in [-0.05, 0) is 54.7 Å². The lowest BCUT2D eigenvalue weighted by molar-refractivity contribution is 0.215. The maximum absolute atomic E-state index is 11.9. The third-order valence-electron chi connectivity index (χ3n) is 2.90. The zero-order valence-corrected chi connectivity index (χ0v) is 15.3. The summed E-state index contributed by atoms with van der Waals surface area (Å²) in [6.45, 7) is 4.17. The molecule has 2 rings (SSSR count). The van der Waals surface area contributed by atoms with E-state index in [9.17, 15) is 4.79 Å². The highest BCUT2D eigenvalue weighted by Crippen LogP contribution is 2.25. The van der Waals surface area contributed by atoms with Crippen molar-refractivity contribution in [1.29, 1.82) is 0 Å². The van der Waals surface area contributed by atoms with Crippen LogP contribution in [0, 0.1) is 0 Å². The highest BCUT2D eigenvalue weighted by atomic mass is 35.5. The number of rotatable bonds is 5. The van der Waals surface area contributed by atoms with Gasteiger partial charge in [-0.2, -0.15) is 0 Å². The molecule has 0 aliphatic heterocycles. The Morgan fingerprint density at radius 3 is 2.40 bits per heavy atom. The second-order valence-electron chi connectivity index (χ2n) is 4.79. The van der Waals surface area contributed by atoms with E-state index in [4.69, 9.17) is 40.2 Å². The van der Waals surface area contributed by atoms with Crippen LogP contribution in [-0.4, -0.2) is 17.8 Å². The topological polar surface area (TPSA) is 62.4 Å². The number of anilines is 2. The van der Waals surface area contributed by atoms with Gasteiger partial charge in [-0.15, -0.1) is 6.58 Å². The average molecular weight is 396 g/mol. The fourth-order valence-corrected chi connectivity index (χ4v) is 2.27. The number of thiocarbonyl (C=S) groups is 1. The summed E-state index contributed by atoms with van der Waals surface area (Å²) in [4.78, 5) is 11.9. The van der Waals surface area contributed by atoms with E-state index in [0.717, 1.165) is 5.69 Å². The molecule has 0 bridgehead atoms. The quantitative estimate of drug-likeness (QED) is 0.486. The van der Waals surface area contributed by atoms with Gasteiger partial charge in [0.1, 0.15) is 5.75 Å². The minimum Gasteiger partial charge on any atom is -0.410 e. The molecule has 0 aliphatic rings. The SMILES string of the molecule is C=CCNC(=S)Nc1ccc(OC(=O)Nc2ccc(Cl)c(Cl)c2)cc1. The van der Waals surface area contributed by atoms with Crippen molar-refractivity contribution >= 4 is 58.0 Å². The van der Waals surface area contributed by atoms with Crippen molar-refractivity contribution in [3.05, 3.63) is 65.2 Å². The van der Waals surface area contributed by atoms with Crippen LogP contribution in [0.3, 0.4) is 0 Å². The number of carbonyl (C=O) groups excluding carboxylic acids is 1. The van der Waals surface area contributed by atoms with Crippen LogP contribution >= 0.6 is 35.4 Å². The smallest absolute Gasteiger partial charge is 0.410 e. The Kier molecular flexibility index (Phi) is 7.06. The van der Waals surface area contributed by atoms with Gasteiger partial charge in [0.25, 0.3) is 0 Å². The van der Waals surface area contributed by atoms with Gasteiger partial charge in [-0.3, -0.25) is 5.32 Å². The zero-order chi connectivity index (χ0) is 18.2. The number of hydrogen-bond acceptors (Lipinski definition) is 3. The summed E-state index contributed by atoms with van der Waals surface area (Å²) >= 11 is 16.8. The molecule has 8 heteroatoms. The Bertz CT molecular complexity index is 782. The first-order valence-electron chi connectivity index (χ1n) is 7.17. The summed E-state index contributed by atoms with van der Waals surface area (Å²) in [7, 11) is 0. The van der Waals surface area contributed by atoms with Crippen molar-refractivity contribution in [2.75, 3.05) is 17.2 Å². The van der Waals surface area contributed by atoms with E-state index in [1.54, 1.807) is 42.5 Å². The van der Waals surface area contributed by atoms with E-state index in [1.165, 1.54) is 6.07 Å². The number of ether oxygens (including phenoxy) is 1. The molecule has 0 atom stereocenters. The predicted molar refractivity (Wildman–Crippen MR) is 107 cm³/mol. The summed E-state index contributed by atoms with van der Waals surface area (Å²) < 4.78 is 5.20. The molecule has 0 aliphatic carbocycles. The first kappa shape index (κ1) is 19.1. The van der Waals surface area contributed by atoms with E-state index in [0.29, 0.717) is 33.1 Å². The highest BCUT2D eigenvalue weighted by molar-refractivity contribution is 7.80. The Hall–Kier alpha value is -2.28. The fourth-order valence-electron chi connectivity index (χ4n) is 1.77. The Morgan fingerprint density at radius 1 is 1.08 bits per heavy atom. The third kappa shape index (κ3) is 6.26. The lowest BCUT2D eigenvalue weighted by atomic mass is 10.3. The van der Waals surface area contributed by atoms with Gasteiger partial charge in [0.05, 0.1) is 10.0 Å². The van der Waals surface area contributed by atoms with Gasteiger partial charge in [-0.25, -0.2) is 4.79 Å². The molecule has 3 N–H and O–H groups in total. The number of benzene rings is 2. The Labute approximate surface area is 161 Å². The number of nitrogens with one attached hydrogen (secondary N) is 3. The van der Waals surface area contributed by atoms with Gasteiger partial charge in [0.15, 0.2) is 5.11 Å². The molecule has 1 amide bonds. The second kappa shape index (κ2) is 9.27. The molecule has 0 aromatic heterocycles. The zero-order valence-electron chi connectivity index (χ0n) is 13.0. The maximum Gasteiger partial charge on any atom is 0.417 e. The van der Waals surface area contributed by atoms with E-state index in [-0.39, 0.29) is 0 Å². The van der Waals surface area contributed by atoms with Crippen molar-refractivity contribution in [1.82, 2.24) is 5.32 Å². The normalized spacial score (nSPS) is 9.84. The molecule has 5 nitrogen and oxygen atoms in total. The van der Waals surface area contributed by atoms with Gasteiger partial charge in [-0.1, -0.05) is 29.3 Å². The molecule has 130 valence electrons. The number of hydrogen-bond donors (Lipinski definition) is 3. The summed E-state index contributed by atoms with van der Waals surface area (Å²) in [5.41, 5.74) is 1.25. The van der Waals surface area contributed by atoms with Crippen LogP contribution < -0.4 is 20.7 Å². The van der Waals surface area contributed by atoms with Crippen molar-refractivity contribution < 1.29 is 9.53 Å². The molecule has 0 spiro atoms. The molecule has 0 radical (unpaired) electrons. The van der Waals surface area contributed by atoms with E-state index >= 15 is 0 Å². The minimum atomic E-state index is -0.637. The van der Waals surface area contributed by atoms with Crippen molar-refractivity contribution in [2.24, 2.45) is 0 Å². The van der Waals surface area contributed by atoms with Gasteiger partial charge in [0.2, 0.25) is 0 Å². The standard InChI is InChI=1S/C17H15Cl2N3O2S/c1-2-9-20-16(25)21-11-3-6-13(7-4-11)24-17(23)22-12-5-8-14(18)15(19)10-12/h2-8,10H,1,9H2,(H,22,23)(H2,20,21,25). The van der Waals surface area contributed by atoms with Crippen LogP contribution in [0.15, 0.2) is 55.1 Å². The van der Waals surface area contributed by atoms with Crippen LogP contribution in [0.5, 0.6) is 5.75 Å². The highest BCUT2D eigenvalue weighted by Gasteiger charge is 2.07. The van der Waals surface area contributed by atoms with Crippen molar-refractivity contribution in [3.8, 4) is 5.75 Å². The Morgan fingerprint density at radius 2 is 1.76 bits per heavy atom. The number of carbonyl (C=O) groups is 1. The van der Waals surface area contributed by atoms with Gasteiger partial charge >= 0.3 is 6.09 Å². The lowest BCUT2D eigenvalue weighted by Crippen LogP contribution is -2.28. The second-order valence-corrected chi connectivity index (χ2v) is 6.01. The Balaban J connectivity index is 1.89. The van der Waals surface area contributed by atoms with E-state index in [1.807, 2.05) is 0 Å². The van der Waals surface area contributed by atoms with E-state index < -0.39 is 6.09 Å². The van der Waals surface area contributed by atoms with Gasteiger partial charge < -0.3 is 15.4 Å². The fraction of sp³-hybridized carbons (Fsp3) is 0.0588. The molecule has 2 aromatic carbocycles. The molecule has 2 aromatic rings. The van der Waals surface area contributed by atoms with Crippen molar-refractivity contribution in [3.63, 3.8) is 0 Å². The van der Waals surface area contributed by atoms with Crippen LogP contribution in [0.1, 0.15) is 0 Å². The molecular formula is C17H15Cl2N3O2S. The first-order valence-corrected chi connectivity index (χ1v) is 8.34. The largest absolute Gasteiger partial charge is 0.417 e. The van der Waals surface area contributed by atoms with Crippen LogP contribution in [0.4, 0.5) is 16.2 Å². The molecule has 0 saturated heterocycles. The predicted octanol–water partition coefficient (Wildman–Crippen LogP) is 5.08. The molecule has 0 unspecified atom stereocenters. The summed E-state index contributed by atoms with van der Waals surface area (Å²) in [5, 5.41) is 9.74. The summed E-state index contributed by atoms with van der Waals surface area (Å²) in [6.07, 6.45) is 1.07. The molecular weight excluding hydrogens is 381 g/mol. The molecule has 25 heavy (non-hydrogen) atoms. The van der Waals surface area contributed by atoms with Gasteiger partial charge in [0, 0.05) is 17.9 Å². The average Bonchev–Trinajstić information content (AvgIpc) is 2.58. The lowest BCUT2D eigenvalue weighted by Gasteiger charge is -2.10. The van der Waals surface area contributed by atoms with Crippen LogP contribution in [-0.2, 0) is 0 Å². The summed E-state index contributed by atoms with van der Waals surface area (Å²) in [6, 6.07) is 11.5. The van der Waals surface area contributed by atoms with Crippen LogP contribution in [0.25, 0.3) is 0 Å². The number of amides is 1. The van der Waals surface area contributed by atoms with E-state index in [2.05, 4.69) is 22.5 Å². The first-order chi connectivity index (χ1) is 12.0. The maximum atomic E-state index is 11.9. The molecule has 0 saturated carbocycles. The number of halogens is 2. The van der Waals surface area contributed by atoms with Crippen molar-refractivity contribution in [2.45, 2.75) is 0 Å². The monoisotopic (exact) mass is 395 g/mol. The molecule has 0 heterocycles. The minimum absolute atomic E-state index is 0.343. The molecule has 0 fully saturated rings. The summed E-state index contributed by atoms with van der Waals surface area (Å²) in [5.74, 6) is 0.382. The van der Waals surface area contributed by atoms with Crippen LogP contribution in [0.2, 0.25) is 10.0 Å².